The first kappa shape index (κ1) is 12.6. The molecule has 0 saturated heterocycles. The average Bonchev–Trinajstić information content (AvgIpc) is 2.37. The summed E-state index contributed by atoms with van der Waals surface area (Å²) in [5, 5.41) is 7.51. The first-order valence-electron chi connectivity index (χ1n) is 5.47. The molecule has 0 aliphatic rings. The van der Waals surface area contributed by atoms with E-state index in [0.717, 1.165) is 10.0 Å². The van der Waals surface area contributed by atoms with Crippen LogP contribution >= 0.6 is 15.9 Å². The molecule has 0 aromatic heterocycles. The molecule has 18 heavy (non-hydrogen) atoms. The monoisotopic (exact) mass is 304 g/mol. The Morgan fingerprint density at radius 2 is 1.89 bits per heavy atom. The zero-order valence-corrected chi connectivity index (χ0v) is 11.3. The molecule has 0 amide bonds. The molecule has 0 radical (unpaired) electrons. The average molecular weight is 305 g/mol. The van der Waals surface area contributed by atoms with E-state index in [4.69, 9.17) is 15.9 Å². The third-order valence-electron chi connectivity index (χ3n) is 2.47. The number of hydrogen-bond donors (Lipinski definition) is 2. The van der Waals surface area contributed by atoms with Crippen molar-refractivity contribution in [1.82, 2.24) is 0 Å². The number of nitrogens with one attached hydrogen (secondary N) is 1. The summed E-state index contributed by atoms with van der Waals surface area (Å²) in [7, 11) is 0. The second kappa shape index (κ2) is 5.69. The smallest absolute Gasteiger partial charge is 0.131 e. The highest BCUT2D eigenvalue weighted by Gasteiger charge is 2.07. The van der Waals surface area contributed by atoms with Crippen molar-refractivity contribution in [3.8, 4) is 5.75 Å². The third kappa shape index (κ3) is 3.11. The quantitative estimate of drug-likeness (QED) is 0.672. The van der Waals surface area contributed by atoms with Gasteiger partial charge in [0, 0.05) is 4.47 Å². The second-order valence-corrected chi connectivity index (χ2v) is 4.74. The first-order chi connectivity index (χ1) is 8.66. The van der Waals surface area contributed by atoms with Crippen LogP contribution in [0.15, 0.2) is 53.0 Å². The molecule has 0 atom stereocenters. The molecule has 3 N–H and O–H groups in total. The van der Waals surface area contributed by atoms with E-state index in [1.165, 1.54) is 0 Å². The van der Waals surface area contributed by atoms with Gasteiger partial charge in [0.05, 0.1) is 5.56 Å². The molecular formula is C14H13BrN2O. The highest BCUT2D eigenvalue weighted by molar-refractivity contribution is 9.10. The van der Waals surface area contributed by atoms with Gasteiger partial charge in [-0.05, 0) is 23.8 Å². The number of nitrogens with two attached hydrogens (primary N) is 1. The van der Waals surface area contributed by atoms with Crippen LogP contribution in [0.2, 0.25) is 0 Å². The lowest BCUT2D eigenvalue weighted by atomic mass is 10.2. The molecule has 3 nitrogen and oxygen atoms in total. The normalized spacial score (nSPS) is 10.1. The molecule has 0 aliphatic heterocycles. The van der Waals surface area contributed by atoms with Gasteiger partial charge in [-0.25, -0.2) is 0 Å². The fraction of sp³-hybridized carbons (Fsp3) is 0.0714. The van der Waals surface area contributed by atoms with Gasteiger partial charge in [0.1, 0.15) is 18.2 Å². The van der Waals surface area contributed by atoms with Crippen molar-refractivity contribution in [2.75, 3.05) is 0 Å². The SMILES string of the molecule is N=C(N)c1ccc(Br)cc1OCc1ccccc1. The van der Waals surface area contributed by atoms with Crippen LogP contribution in [-0.2, 0) is 6.61 Å². The van der Waals surface area contributed by atoms with Gasteiger partial charge in [0.2, 0.25) is 0 Å². The Kier molecular flexibility index (Phi) is 3.99. The molecule has 92 valence electrons. The summed E-state index contributed by atoms with van der Waals surface area (Å²) < 4.78 is 6.61. The van der Waals surface area contributed by atoms with Crippen molar-refractivity contribution >= 4 is 21.8 Å². The van der Waals surface area contributed by atoms with Crippen molar-refractivity contribution in [2.45, 2.75) is 6.61 Å². The van der Waals surface area contributed by atoms with Gasteiger partial charge in [-0.3, -0.25) is 5.41 Å². The van der Waals surface area contributed by atoms with E-state index >= 15 is 0 Å². The van der Waals surface area contributed by atoms with E-state index in [-0.39, 0.29) is 5.84 Å². The molecule has 0 bridgehead atoms. The topological polar surface area (TPSA) is 59.1 Å². The summed E-state index contributed by atoms with van der Waals surface area (Å²) in [4.78, 5) is 0. The second-order valence-electron chi connectivity index (χ2n) is 3.83. The Hall–Kier alpha value is -1.81. The summed E-state index contributed by atoms with van der Waals surface area (Å²) in [6.45, 7) is 0.456. The number of hydrogen-bond acceptors (Lipinski definition) is 2. The number of nitrogen functional groups attached to an aromatic ring is 1. The summed E-state index contributed by atoms with van der Waals surface area (Å²) in [5.74, 6) is 0.617. The summed E-state index contributed by atoms with van der Waals surface area (Å²) in [6, 6.07) is 15.3. The van der Waals surface area contributed by atoms with Crippen molar-refractivity contribution in [2.24, 2.45) is 5.73 Å². The minimum absolute atomic E-state index is 0.00515. The van der Waals surface area contributed by atoms with Crippen LogP contribution in [0.25, 0.3) is 0 Å². The third-order valence-corrected chi connectivity index (χ3v) is 2.96. The fourth-order valence-electron chi connectivity index (χ4n) is 1.57. The highest BCUT2D eigenvalue weighted by atomic mass is 79.9. The molecule has 4 heteroatoms. The molecule has 0 heterocycles. The Bertz CT molecular complexity index is 555. The molecular weight excluding hydrogens is 292 g/mol. The van der Waals surface area contributed by atoms with Gasteiger partial charge in [0.25, 0.3) is 0 Å². The lowest BCUT2D eigenvalue weighted by Crippen LogP contribution is -2.13. The van der Waals surface area contributed by atoms with E-state index in [1.54, 1.807) is 6.07 Å². The predicted octanol–water partition coefficient (Wildman–Crippen LogP) is 3.31. The first-order valence-corrected chi connectivity index (χ1v) is 6.27. The molecule has 2 aromatic rings. The highest BCUT2D eigenvalue weighted by Crippen LogP contribution is 2.24. The number of rotatable bonds is 4. The Morgan fingerprint density at radius 1 is 1.17 bits per heavy atom. The van der Waals surface area contributed by atoms with Gasteiger partial charge in [-0.2, -0.15) is 0 Å². The Labute approximate surface area is 114 Å². The number of amidine groups is 1. The predicted molar refractivity (Wildman–Crippen MR) is 75.9 cm³/mol. The maximum atomic E-state index is 7.51. The van der Waals surface area contributed by atoms with Crippen LogP contribution in [0.1, 0.15) is 11.1 Å². The van der Waals surface area contributed by atoms with Crippen LogP contribution in [-0.4, -0.2) is 5.84 Å². The molecule has 0 aliphatic carbocycles. The summed E-state index contributed by atoms with van der Waals surface area (Å²) in [6.07, 6.45) is 0. The lowest BCUT2D eigenvalue weighted by molar-refractivity contribution is 0.305. The van der Waals surface area contributed by atoms with Gasteiger partial charge in [0.15, 0.2) is 0 Å². The fourth-order valence-corrected chi connectivity index (χ4v) is 1.91. The Balaban J connectivity index is 2.18. The molecule has 2 aromatic carbocycles. The number of ether oxygens (including phenoxy) is 1. The van der Waals surface area contributed by atoms with E-state index in [1.807, 2.05) is 42.5 Å². The van der Waals surface area contributed by atoms with Crippen LogP contribution in [0.5, 0.6) is 5.75 Å². The minimum atomic E-state index is 0.00515. The van der Waals surface area contributed by atoms with E-state index in [0.29, 0.717) is 17.9 Å². The minimum Gasteiger partial charge on any atom is -0.488 e. The Morgan fingerprint density at radius 3 is 2.56 bits per heavy atom. The lowest BCUT2D eigenvalue weighted by Gasteiger charge is -2.11. The number of benzene rings is 2. The number of halogens is 1. The van der Waals surface area contributed by atoms with E-state index in [9.17, 15) is 0 Å². The van der Waals surface area contributed by atoms with Crippen LogP contribution in [0.3, 0.4) is 0 Å². The van der Waals surface area contributed by atoms with Gasteiger partial charge in [-0.15, -0.1) is 0 Å². The summed E-state index contributed by atoms with van der Waals surface area (Å²) in [5.41, 5.74) is 7.20. The molecule has 0 spiro atoms. The molecule has 0 saturated carbocycles. The maximum Gasteiger partial charge on any atom is 0.131 e. The van der Waals surface area contributed by atoms with E-state index < -0.39 is 0 Å². The zero-order chi connectivity index (χ0) is 13.0. The van der Waals surface area contributed by atoms with Gasteiger partial charge in [-0.1, -0.05) is 46.3 Å². The largest absolute Gasteiger partial charge is 0.488 e. The molecule has 2 rings (SSSR count). The zero-order valence-electron chi connectivity index (χ0n) is 9.69. The van der Waals surface area contributed by atoms with Crippen molar-refractivity contribution in [3.63, 3.8) is 0 Å². The van der Waals surface area contributed by atoms with Crippen molar-refractivity contribution in [1.29, 1.82) is 5.41 Å². The maximum absolute atomic E-state index is 7.51. The van der Waals surface area contributed by atoms with E-state index in [2.05, 4.69) is 15.9 Å². The van der Waals surface area contributed by atoms with Crippen molar-refractivity contribution in [3.05, 3.63) is 64.1 Å². The van der Waals surface area contributed by atoms with Crippen molar-refractivity contribution < 1.29 is 4.74 Å². The summed E-state index contributed by atoms with van der Waals surface area (Å²) >= 11 is 3.38. The molecule has 0 unspecified atom stereocenters. The standard InChI is InChI=1S/C14H13BrN2O/c15-11-6-7-12(14(16)17)13(8-11)18-9-10-4-2-1-3-5-10/h1-8H,9H2,(H3,16,17). The van der Waals surface area contributed by atoms with Crippen LogP contribution < -0.4 is 10.5 Å². The van der Waals surface area contributed by atoms with Gasteiger partial charge < -0.3 is 10.5 Å². The molecule has 0 fully saturated rings. The van der Waals surface area contributed by atoms with Crippen LogP contribution in [0.4, 0.5) is 0 Å². The van der Waals surface area contributed by atoms with Crippen LogP contribution in [0, 0.1) is 5.41 Å². The van der Waals surface area contributed by atoms with Gasteiger partial charge >= 0.3 is 0 Å².